The highest BCUT2D eigenvalue weighted by molar-refractivity contribution is 5.15. The van der Waals surface area contributed by atoms with Gasteiger partial charge in [-0.2, -0.15) is 0 Å². The van der Waals surface area contributed by atoms with Crippen LogP contribution in [-0.4, -0.2) is 12.2 Å². The van der Waals surface area contributed by atoms with E-state index in [2.05, 4.69) is 25.3 Å². The normalized spacial score (nSPS) is 44.3. The van der Waals surface area contributed by atoms with Gasteiger partial charge in [0.25, 0.3) is 0 Å². The molecule has 1 nitrogen and oxygen atoms in total. The van der Waals surface area contributed by atoms with Gasteiger partial charge in [-0.1, -0.05) is 24.3 Å². The molecule has 1 fully saturated rings. The summed E-state index contributed by atoms with van der Waals surface area (Å²) in [6.45, 7) is 7.55. The molecule has 2 rings (SSSR count). The molecule has 0 N–H and O–H groups in total. The number of rotatable bonds is 3. The van der Waals surface area contributed by atoms with Gasteiger partial charge in [0.15, 0.2) is 0 Å². The quantitative estimate of drug-likeness (QED) is 0.458. The lowest BCUT2D eigenvalue weighted by Gasteiger charge is -2.11. The molecule has 0 bridgehead atoms. The van der Waals surface area contributed by atoms with Crippen LogP contribution in [0.2, 0.25) is 0 Å². The van der Waals surface area contributed by atoms with E-state index in [1.165, 1.54) is 0 Å². The number of epoxide rings is 1. The number of allylic oxidation sites excluding steroid dienone is 2. The first-order chi connectivity index (χ1) is 5.86. The van der Waals surface area contributed by atoms with E-state index < -0.39 is 0 Å². The van der Waals surface area contributed by atoms with Crippen molar-refractivity contribution in [2.45, 2.75) is 18.6 Å². The highest BCUT2D eigenvalue weighted by atomic mass is 16.6. The van der Waals surface area contributed by atoms with Crippen LogP contribution in [0.1, 0.15) is 6.42 Å². The van der Waals surface area contributed by atoms with Crippen LogP contribution >= 0.6 is 0 Å². The number of hydrogen-bond donors (Lipinski definition) is 0. The van der Waals surface area contributed by atoms with Gasteiger partial charge in [-0.05, 0) is 12.3 Å². The monoisotopic (exact) mass is 162 g/mol. The van der Waals surface area contributed by atoms with Crippen molar-refractivity contribution >= 4 is 0 Å². The average Bonchev–Trinajstić information content (AvgIpc) is 2.74. The number of ether oxygens (including phenoxy) is 1. The zero-order valence-electron chi connectivity index (χ0n) is 7.15. The molecule has 0 spiro atoms. The lowest BCUT2D eigenvalue weighted by molar-refractivity contribution is 0.324. The number of hydrogen-bond acceptors (Lipinski definition) is 1. The van der Waals surface area contributed by atoms with Crippen molar-refractivity contribution in [2.75, 3.05) is 0 Å². The second-order valence-electron chi connectivity index (χ2n) is 3.44. The van der Waals surface area contributed by atoms with E-state index >= 15 is 0 Å². The van der Waals surface area contributed by atoms with Crippen LogP contribution in [0.4, 0.5) is 0 Å². The van der Waals surface area contributed by atoms with E-state index in [9.17, 15) is 0 Å². The van der Waals surface area contributed by atoms with Crippen molar-refractivity contribution < 1.29 is 4.74 Å². The zero-order chi connectivity index (χ0) is 8.55. The molecule has 0 aromatic heterocycles. The minimum atomic E-state index is 0.292. The summed E-state index contributed by atoms with van der Waals surface area (Å²) in [6.07, 6.45) is 10.2. The van der Waals surface area contributed by atoms with E-state index in [1.807, 2.05) is 12.2 Å². The summed E-state index contributed by atoms with van der Waals surface area (Å²) in [6, 6.07) is 0. The molecule has 0 aromatic rings. The highest BCUT2D eigenvalue weighted by Gasteiger charge is 2.44. The zero-order valence-corrected chi connectivity index (χ0v) is 7.15. The average molecular weight is 162 g/mol. The molecule has 0 radical (unpaired) electrons. The molecule has 0 saturated carbocycles. The summed E-state index contributed by atoms with van der Waals surface area (Å²) >= 11 is 0. The molecular formula is C11H14O. The predicted octanol–water partition coefficient (Wildman–Crippen LogP) is 2.32. The lowest BCUT2D eigenvalue weighted by Crippen LogP contribution is -2.13. The van der Waals surface area contributed by atoms with Crippen LogP contribution < -0.4 is 0 Å². The standard InChI is InChI=1S/C11H14O/c1-3-8-6-5-7-9(8)11-10(4-2)12-11/h3-5,7-11H,1-2,6H2/t8-,9-,10-,11-/m1/s1. The SMILES string of the molecule is C=C[C@@H]1CC=C[C@H]1[C@H]1O[C@@H]1C=C. The molecule has 4 atom stereocenters. The Labute approximate surface area is 73.4 Å². The Morgan fingerprint density at radius 1 is 1.33 bits per heavy atom. The molecule has 1 heterocycles. The van der Waals surface area contributed by atoms with Crippen molar-refractivity contribution in [3.63, 3.8) is 0 Å². The van der Waals surface area contributed by atoms with E-state index in [4.69, 9.17) is 4.74 Å². The first-order valence-corrected chi connectivity index (χ1v) is 4.44. The predicted molar refractivity (Wildman–Crippen MR) is 49.8 cm³/mol. The van der Waals surface area contributed by atoms with Gasteiger partial charge < -0.3 is 4.74 Å². The maximum atomic E-state index is 5.47. The second kappa shape index (κ2) is 2.91. The first-order valence-electron chi connectivity index (χ1n) is 4.44. The molecule has 2 aliphatic rings. The molecule has 12 heavy (non-hydrogen) atoms. The van der Waals surface area contributed by atoms with Crippen molar-refractivity contribution in [3.05, 3.63) is 37.5 Å². The van der Waals surface area contributed by atoms with Gasteiger partial charge in [-0.15, -0.1) is 13.2 Å². The summed E-state index contributed by atoms with van der Waals surface area (Å²) in [4.78, 5) is 0. The maximum absolute atomic E-state index is 5.47. The molecule has 0 unspecified atom stereocenters. The Morgan fingerprint density at radius 2 is 2.17 bits per heavy atom. The highest BCUT2D eigenvalue weighted by Crippen LogP contribution is 2.40. The summed E-state index contributed by atoms with van der Waals surface area (Å²) in [5.41, 5.74) is 0. The summed E-state index contributed by atoms with van der Waals surface area (Å²) in [5.74, 6) is 1.13. The summed E-state index contributed by atoms with van der Waals surface area (Å²) < 4.78 is 5.47. The maximum Gasteiger partial charge on any atom is 0.103 e. The van der Waals surface area contributed by atoms with E-state index in [0.29, 0.717) is 24.0 Å². The Hall–Kier alpha value is -0.820. The van der Waals surface area contributed by atoms with E-state index in [-0.39, 0.29) is 0 Å². The molecule has 1 aliphatic carbocycles. The van der Waals surface area contributed by atoms with Gasteiger partial charge in [0.05, 0.1) is 6.10 Å². The van der Waals surface area contributed by atoms with Crippen LogP contribution in [0.5, 0.6) is 0 Å². The van der Waals surface area contributed by atoms with Crippen LogP contribution in [0.15, 0.2) is 37.5 Å². The third kappa shape index (κ3) is 1.14. The van der Waals surface area contributed by atoms with Gasteiger partial charge in [0.2, 0.25) is 0 Å². The van der Waals surface area contributed by atoms with Gasteiger partial charge in [-0.25, -0.2) is 0 Å². The fraction of sp³-hybridized carbons (Fsp3) is 0.455. The molecule has 1 heteroatoms. The van der Waals surface area contributed by atoms with Gasteiger partial charge >= 0.3 is 0 Å². The minimum Gasteiger partial charge on any atom is -0.365 e. The largest absolute Gasteiger partial charge is 0.365 e. The third-order valence-corrected chi connectivity index (χ3v) is 2.74. The fourth-order valence-corrected chi connectivity index (χ4v) is 1.93. The Morgan fingerprint density at radius 3 is 2.75 bits per heavy atom. The van der Waals surface area contributed by atoms with Crippen molar-refractivity contribution in [2.24, 2.45) is 11.8 Å². The molecule has 0 aromatic carbocycles. The molecule has 0 amide bonds. The first kappa shape index (κ1) is 7.81. The molecule has 64 valence electrons. The summed E-state index contributed by atoms with van der Waals surface area (Å²) in [5, 5.41) is 0. The van der Waals surface area contributed by atoms with Crippen LogP contribution in [0.3, 0.4) is 0 Å². The van der Waals surface area contributed by atoms with Crippen molar-refractivity contribution in [1.82, 2.24) is 0 Å². The van der Waals surface area contributed by atoms with E-state index in [0.717, 1.165) is 6.42 Å². The lowest BCUT2D eigenvalue weighted by atomic mass is 9.91. The minimum absolute atomic E-state index is 0.292. The van der Waals surface area contributed by atoms with Crippen LogP contribution in [0, 0.1) is 11.8 Å². The van der Waals surface area contributed by atoms with Gasteiger partial charge in [0, 0.05) is 5.92 Å². The van der Waals surface area contributed by atoms with Crippen molar-refractivity contribution in [3.8, 4) is 0 Å². The third-order valence-electron chi connectivity index (χ3n) is 2.74. The Kier molecular flexibility index (Phi) is 1.89. The smallest absolute Gasteiger partial charge is 0.103 e. The molecule has 1 aliphatic heterocycles. The fourth-order valence-electron chi connectivity index (χ4n) is 1.93. The van der Waals surface area contributed by atoms with Crippen LogP contribution in [-0.2, 0) is 4.74 Å². The van der Waals surface area contributed by atoms with E-state index in [1.54, 1.807) is 0 Å². The van der Waals surface area contributed by atoms with Crippen molar-refractivity contribution in [1.29, 1.82) is 0 Å². The molecule has 1 saturated heterocycles. The Balaban J connectivity index is 1.99. The second-order valence-corrected chi connectivity index (χ2v) is 3.44. The van der Waals surface area contributed by atoms with Gasteiger partial charge in [-0.3, -0.25) is 0 Å². The topological polar surface area (TPSA) is 12.5 Å². The Bertz CT molecular complexity index is 229. The molecular weight excluding hydrogens is 148 g/mol. The van der Waals surface area contributed by atoms with Crippen LogP contribution in [0.25, 0.3) is 0 Å². The summed E-state index contributed by atoms with van der Waals surface area (Å²) in [7, 11) is 0. The van der Waals surface area contributed by atoms with Gasteiger partial charge in [0.1, 0.15) is 6.10 Å².